The van der Waals surface area contributed by atoms with E-state index in [0.29, 0.717) is 12.3 Å². The van der Waals surface area contributed by atoms with Gasteiger partial charge >= 0.3 is 0 Å². The summed E-state index contributed by atoms with van der Waals surface area (Å²) in [7, 11) is 1.66. The summed E-state index contributed by atoms with van der Waals surface area (Å²) in [6.07, 6.45) is 1.28. The van der Waals surface area contributed by atoms with Crippen molar-refractivity contribution in [1.29, 1.82) is 0 Å². The van der Waals surface area contributed by atoms with E-state index in [2.05, 4.69) is 21.9 Å². The van der Waals surface area contributed by atoms with Crippen molar-refractivity contribution in [3.05, 3.63) is 74.7 Å². The van der Waals surface area contributed by atoms with Gasteiger partial charge in [0.2, 0.25) is 5.88 Å². The topological polar surface area (TPSA) is 64.4 Å². The number of aryl methyl sites for hydroxylation is 1. The zero-order valence-corrected chi connectivity index (χ0v) is 16.5. The van der Waals surface area contributed by atoms with Crippen molar-refractivity contribution in [2.75, 3.05) is 12.4 Å². The maximum absolute atomic E-state index is 13.3. The van der Waals surface area contributed by atoms with Crippen LogP contribution in [0.25, 0.3) is 0 Å². The van der Waals surface area contributed by atoms with Crippen LogP contribution in [0, 0.1) is 6.92 Å². The van der Waals surface area contributed by atoms with Gasteiger partial charge in [-0.3, -0.25) is 4.79 Å². The molecule has 1 aliphatic carbocycles. The fraction of sp³-hybridized carbons (Fsp3) is 0.273. The van der Waals surface area contributed by atoms with Crippen LogP contribution in [-0.2, 0) is 4.79 Å². The first-order valence-electron chi connectivity index (χ1n) is 9.31. The molecule has 0 saturated heterocycles. The van der Waals surface area contributed by atoms with E-state index in [1.165, 1.54) is 0 Å². The van der Waals surface area contributed by atoms with Crippen LogP contribution in [0.4, 0.5) is 5.88 Å². The van der Waals surface area contributed by atoms with Crippen molar-refractivity contribution in [3.8, 4) is 5.75 Å². The maximum Gasteiger partial charge on any atom is 0.233 e. The number of thiophene rings is 1. The summed E-state index contributed by atoms with van der Waals surface area (Å²) in [5, 5.41) is 11.7. The lowest BCUT2D eigenvalue weighted by molar-refractivity contribution is -0.116. The highest BCUT2D eigenvalue weighted by Crippen LogP contribution is 2.49. The molecule has 1 aromatic carbocycles. The molecule has 6 heteroatoms. The third kappa shape index (κ3) is 2.67. The Morgan fingerprint density at radius 3 is 2.71 bits per heavy atom. The predicted molar refractivity (Wildman–Crippen MR) is 108 cm³/mol. The van der Waals surface area contributed by atoms with Crippen molar-refractivity contribution in [3.63, 3.8) is 0 Å². The van der Waals surface area contributed by atoms with Crippen molar-refractivity contribution >= 4 is 23.0 Å². The normalized spacial score (nSPS) is 21.1. The lowest BCUT2D eigenvalue weighted by atomic mass is 9.73. The van der Waals surface area contributed by atoms with E-state index in [9.17, 15) is 4.79 Å². The number of hydrogen-bond acceptors (Lipinski definition) is 6. The molecule has 28 heavy (non-hydrogen) atoms. The number of ether oxygens (including phenoxy) is 1. The Kier molecular flexibility index (Phi) is 4.09. The fourth-order valence-electron chi connectivity index (χ4n) is 4.36. The number of benzene rings is 1. The fourth-order valence-corrected chi connectivity index (χ4v) is 5.04. The monoisotopic (exact) mass is 392 g/mol. The van der Waals surface area contributed by atoms with E-state index in [4.69, 9.17) is 9.26 Å². The quantitative estimate of drug-likeness (QED) is 0.679. The number of allylic oxidation sites excluding steroid dienone is 2. The summed E-state index contributed by atoms with van der Waals surface area (Å²) in [5.41, 5.74) is 5.90. The number of hydrogen-bond donors (Lipinski definition) is 1. The predicted octanol–water partition coefficient (Wildman–Crippen LogP) is 5.01. The summed E-state index contributed by atoms with van der Waals surface area (Å²) in [4.78, 5) is 13.3. The SMILES string of the molecule is COc1ccc(C2CC(=O)C3=C(C2)Nc2onc(C)c2C3c2ccsc2)cc1. The largest absolute Gasteiger partial charge is 0.497 e. The van der Waals surface area contributed by atoms with Crippen molar-refractivity contribution in [2.45, 2.75) is 31.6 Å². The second-order valence-corrected chi connectivity index (χ2v) is 8.10. The minimum absolute atomic E-state index is 0.104. The van der Waals surface area contributed by atoms with Gasteiger partial charge in [0.25, 0.3) is 0 Å². The van der Waals surface area contributed by atoms with Gasteiger partial charge in [0.05, 0.1) is 18.4 Å². The highest BCUT2D eigenvalue weighted by molar-refractivity contribution is 7.08. The number of methoxy groups -OCH3 is 1. The number of carbonyl (C=O) groups is 1. The van der Waals surface area contributed by atoms with Gasteiger partial charge in [0.15, 0.2) is 5.78 Å². The summed E-state index contributed by atoms with van der Waals surface area (Å²) in [6, 6.07) is 10.1. The van der Waals surface area contributed by atoms with Crippen LogP contribution in [0.1, 0.15) is 47.1 Å². The zero-order chi connectivity index (χ0) is 19.3. The average Bonchev–Trinajstić information content (AvgIpc) is 3.37. The molecule has 0 bridgehead atoms. The number of nitrogens with zero attached hydrogens (tertiary/aromatic N) is 1. The third-order valence-corrected chi connectivity index (χ3v) is 6.42. The first kappa shape index (κ1) is 17.3. The van der Waals surface area contributed by atoms with Crippen LogP contribution in [-0.4, -0.2) is 18.0 Å². The molecule has 5 nitrogen and oxygen atoms in total. The van der Waals surface area contributed by atoms with Crippen molar-refractivity contribution in [2.24, 2.45) is 0 Å². The van der Waals surface area contributed by atoms with Gasteiger partial charge in [-0.1, -0.05) is 17.3 Å². The van der Waals surface area contributed by atoms with Gasteiger partial charge in [0, 0.05) is 23.6 Å². The number of ketones is 1. The second-order valence-electron chi connectivity index (χ2n) is 7.32. The van der Waals surface area contributed by atoms with Crippen LogP contribution in [0.15, 0.2) is 56.9 Å². The van der Waals surface area contributed by atoms with Gasteiger partial charge in [-0.15, -0.1) is 0 Å². The molecule has 0 radical (unpaired) electrons. The Hall–Kier alpha value is -2.86. The molecule has 0 saturated carbocycles. The van der Waals surface area contributed by atoms with Gasteiger partial charge in [-0.25, -0.2) is 0 Å². The van der Waals surface area contributed by atoms with E-state index in [1.54, 1.807) is 18.4 Å². The summed E-state index contributed by atoms with van der Waals surface area (Å²) < 4.78 is 10.8. The highest BCUT2D eigenvalue weighted by Gasteiger charge is 2.41. The smallest absolute Gasteiger partial charge is 0.233 e. The van der Waals surface area contributed by atoms with E-state index >= 15 is 0 Å². The number of Topliss-reactive ketones (excluding diaryl/α,β-unsaturated/α-hetero) is 1. The lowest BCUT2D eigenvalue weighted by Crippen LogP contribution is -2.29. The molecule has 3 heterocycles. The average molecular weight is 392 g/mol. The molecule has 5 rings (SSSR count). The van der Waals surface area contributed by atoms with Crippen LogP contribution < -0.4 is 10.1 Å². The zero-order valence-electron chi connectivity index (χ0n) is 15.7. The highest BCUT2D eigenvalue weighted by atomic mass is 32.1. The molecule has 2 unspecified atom stereocenters. The Balaban J connectivity index is 1.56. The first-order chi connectivity index (χ1) is 13.7. The molecular formula is C22H20N2O3S. The van der Waals surface area contributed by atoms with E-state index < -0.39 is 0 Å². The number of rotatable bonds is 3. The Bertz CT molecular complexity index is 1060. The van der Waals surface area contributed by atoms with E-state index in [0.717, 1.165) is 45.8 Å². The van der Waals surface area contributed by atoms with Crippen LogP contribution in [0.3, 0.4) is 0 Å². The number of carbonyl (C=O) groups excluding carboxylic acids is 1. The molecular weight excluding hydrogens is 372 g/mol. The molecule has 0 spiro atoms. The molecule has 0 fully saturated rings. The summed E-state index contributed by atoms with van der Waals surface area (Å²) >= 11 is 1.64. The number of anilines is 1. The molecule has 1 N–H and O–H groups in total. The minimum atomic E-state index is -0.104. The molecule has 3 aromatic rings. The minimum Gasteiger partial charge on any atom is -0.497 e. The number of nitrogens with one attached hydrogen (secondary N) is 1. The second kappa shape index (κ2) is 6.63. The Labute approximate surface area is 167 Å². The van der Waals surface area contributed by atoms with E-state index in [-0.39, 0.29) is 17.6 Å². The molecule has 0 amide bonds. The first-order valence-corrected chi connectivity index (χ1v) is 10.3. The number of fused-ring (bicyclic) bond motifs is 1. The van der Waals surface area contributed by atoms with Gasteiger partial charge in [-0.2, -0.15) is 11.3 Å². The number of aromatic nitrogens is 1. The summed E-state index contributed by atoms with van der Waals surface area (Å²) in [5.74, 6) is 1.71. The van der Waals surface area contributed by atoms with Gasteiger partial charge in [-0.05, 0) is 59.3 Å². The molecule has 1 aliphatic heterocycles. The lowest BCUT2D eigenvalue weighted by Gasteiger charge is -2.34. The van der Waals surface area contributed by atoms with Crippen LogP contribution in [0.2, 0.25) is 0 Å². The van der Waals surface area contributed by atoms with Gasteiger partial charge < -0.3 is 14.6 Å². The molecule has 2 aliphatic rings. The standard InChI is InChI=1S/C22H20N2O3S/c1-12-19-20(14-7-8-28-11-14)21-17(23-22(19)27-24-12)9-15(10-18(21)25)13-3-5-16(26-2)6-4-13/h3-8,11,15,20,23H,9-10H2,1-2H3. The van der Waals surface area contributed by atoms with E-state index in [1.807, 2.05) is 36.6 Å². The Morgan fingerprint density at radius 2 is 2.00 bits per heavy atom. The van der Waals surface area contributed by atoms with Crippen molar-refractivity contribution < 1.29 is 14.1 Å². The van der Waals surface area contributed by atoms with Crippen molar-refractivity contribution in [1.82, 2.24) is 5.16 Å². The van der Waals surface area contributed by atoms with Crippen LogP contribution >= 0.6 is 11.3 Å². The maximum atomic E-state index is 13.3. The molecule has 142 valence electrons. The van der Waals surface area contributed by atoms with Gasteiger partial charge in [0.1, 0.15) is 5.75 Å². The molecule has 2 atom stereocenters. The molecule has 2 aromatic heterocycles. The third-order valence-electron chi connectivity index (χ3n) is 5.72. The van der Waals surface area contributed by atoms with Crippen LogP contribution in [0.5, 0.6) is 5.75 Å². The summed E-state index contributed by atoms with van der Waals surface area (Å²) in [6.45, 7) is 1.93. The Morgan fingerprint density at radius 1 is 1.18 bits per heavy atom.